The third-order valence-electron chi connectivity index (χ3n) is 7.37. The minimum atomic E-state index is -0.714. The molecule has 0 bridgehead atoms. The Kier molecular flexibility index (Phi) is 8.67. The molecule has 0 aliphatic heterocycles. The summed E-state index contributed by atoms with van der Waals surface area (Å²) < 4.78 is 26.2. The number of allylic oxidation sites excluding steroid dienone is 4. The first-order chi connectivity index (χ1) is 14.6. The van der Waals surface area contributed by atoms with Crippen LogP contribution in [-0.4, -0.2) is 0 Å². The fraction of sp³-hybridized carbons (Fsp3) is 0.593. The van der Waals surface area contributed by atoms with Gasteiger partial charge in [-0.3, -0.25) is 0 Å². The summed E-state index contributed by atoms with van der Waals surface area (Å²) in [6.07, 6.45) is 21.4. The Labute approximate surface area is 180 Å². The van der Waals surface area contributed by atoms with Crippen molar-refractivity contribution in [2.24, 2.45) is 11.3 Å². The van der Waals surface area contributed by atoms with Gasteiger partial charge in [0.05, 0.1) is 0 Å². The quantitative estimate of drug-likeness (QED) is 0.239. The summed E-state index contributed by atoms with van der Waals surface area (Å²) >= 11 is 0. The largest absolute Gasteiger partial charge is 0.207 e. The third kappa shape index (κ3) is 6.79. The fourth-order valence-corrected chi connectivity index (χ4v) is 5.56. The molecule has 0 unspecified atom stereocenters. The van der Waals surface area contributed by atoms with E-state index >= 15 is 0 Å². The maximum absolute atomic E-state index is 13.1. The van der Waals surface area contributed by atoms with Crippen LogP contribution in [0.3, 0.4) is 0 Å². The van der Waals surface area contributed by atoms with Crippen molar-refractivity contribution in [1.29, 1.82) is 5.26 Å². The van der Waals surface area contributed by atoms with Crippen LogP contribution in [0.2, 0.25) is 0 Å². The van der Waals surface area contributed by atoms with E-state index in [0.29, 0.717) is 5.92 Å². The lowest BCUT2D eigenvalue weighted by molar-refractivity contribution is 0.226. The van der Waals surface area contributed by atoms with Crippen LogP contribution in [0.25, 0.3) is 0 Å². The predicted molar refractivity (Wildman–Crippen MR) is 119 cm³/mol. The highest BCUT2D eigenvalue weighted by Gasteiger charge is 2.29. The molecule has 1 aromatic rings. The number of benzene rings is 1. The summed E-state index contributed by atoms with van der Waals surface area (Å²) in [5.41, 5.74) is 1.49. The first kappa shape index (κ1) is 22.7. The van der Waals surface area contributed by atoms with Crippen LogP contribution >= 0.6 is 0 Å². The highest BCUT2D eigenvalue weighted by Crippen LogP contribution is 2.43. The van der Waals surface area contributed by atoms with Crippen LogP contribution < -0.4 is 0 Å². The molecule has 1 nitrogen and oxygen atoms in total. The first-order valence-electron chi connectivity index (χ1n) is 11.8. The summed E-state index contributed by atoms with van der Waals surface area (Å²) in [5, 5.41) is 8.58. The van der Waals surface area contributed by atoms with Gasteiger partial charge >= 0.3 is 0 Å². The molecule has 0 saturated heterocycles. The van der Waals surface area contributed by atoms with Crippen molar-refractivity contribution < 1.29 is 8.78 Å². The van der Waals surface area contributed by atoms with E-state index in [-0.39, 0.29) is 11.2 Å². The van der Waals surface area contributed by atoms with Gasteiger partial charge in [-0.1, -0.05) is 62.8 Å². The second-order valence-electron chi connectivity index (χ2n) is 9.42. The number of rotatable bonds is 8. The molecule has 2 fully saturated rings. The molecule has 2 aliphatic rings. The van der Waals surface area contributed by atoms with Crippen molar-refractivity contribution in [2.45, 2.75) is 89.4 Å². The standard InChI is InChI=1S/C27H35F2N/c28-25-15-13-24(14-16-25)23-11-9-22(10-12-23)7-2-5-19-27(17-3-1-4-18-27)20-6-8-26(29)21-30/h6,8,13-16,20,22-23H,1-5,7,9-12,17-19H2. The molecule has 0 heterocycles. The molecule has 0 amide bonds. The van der Waals surface area contributed by atoms with Gasteiger partial charge in [0.1, 0.15) is 11.9 Å². The third-order valence-corrected chi connectivity index (χ3v) is 7.37. The van der Waals surface area contributed by atoms with Crippen LogP contribution in [-0.2, 0) is 0 Å². The topological polar surface area (TPSA) is 23.8 Å². The van der Waals surface area contributed by atoms with Crippen molar-refractivity contribution >= 4 is 0 Å². The van der Waals surface area contributed by atoms with Gasteiger partial charge in [-0.15, -0.1) is 0 Å². The molecule has 0 atom stereocenters. The maximum Gasteiger partial charge on any atom is 0.199 e. The Hall–Kier alpha value is -1.95. The molecular weight excluding hydrogens is 376 g/mol. The van der Waals surface area contributed by atoms with Gasteiger partial charge in [-0.2, -0.15) is 9.65 Å². The molecule has 0 spiro atoms. The molecule has 3 heteroatoms. The average Bonchev–Trinajstić information content (AvgIpc) is 2.78. The van der Waals surface area contributed by atoms with Gasteiger partial charge < -0.3 is 0 Å². The lowest BCUT2D eigenvalue weighted by Crippen LogP contribution is -2.21. The SMILES string of the molecule is N#CC(F)=CC=CC1(CCCCC2CCC(c3ccc(F)cc3)CC2)CCCCC1. The van der Waals surface area contributed by atoms with Crippen molar-refractivity contribution in [3.05, 3.63) is 59.7 Å². The molecular formula is C27H35F2N. The molecule has 30 heavy (non-hydrogen) atoms. The van der Waals surface area contributed by atoms with Gasteiger partial charge in [0, 0.05) is 0 Å². The summed E-state index contributed by atoms with van der Waals surface area (Å²) in [6, 6.07) is 8.62. The van der Waals surface area contributed by atoms with E-state index in [1.807, 2.05) is 12.1 Å². The van der Waals surface area contributed by atoms with Crippen molar-refractivity contribution in [2.75, 3.05) is 0 Å². The van der Waals surface area contributed by atoms with E-state index in [4.69, 9.17) is 5.26 Å². The minimum absolute atomic E-state index is 0.149. The Bertz CT molecular complexity index is 742. The van der Waals surface area contributed by atoms with Crippen molar-refractivity contribution in [3.63, 3.8) is 0 Å². The van der Waals surface area contributed by atoms with Crippen molar-refractivity contribution in [1.82, 2.24) is 0 Å². The zero-order chi connectivity index (χ0) is 21.2. The predicted octanol–water partition coefficient (Wildman–Crippen LogP) is 8.54. The number of nitrogens with zero attached hydrogens (tertiary/aromatic N) is 1. The number of halogens is 2. The summed E-state index contributed by atoms with van der Waals surface area (Å²) in [6.45, 7) is 0. The number of unbranched alkanes of at least 4 members (excludes halogenated alkanes) is 1. The molecule has 2 saturated carbocycles. The molecule has 0 radical (unpaired) electrons. The molecule has 162 valence electrons. The monoisotopic (exact) mass is 411 g/mol. The maximum atomic E-state index is 13.1. The number of hydrogen-bond donors (Lipinski definition) is 0. The van der Waals surface area contributed by atoms with Crippen LogP contribution in [0.1, 0.15) is 95.0 Å². The average molecular weight is 412 g/mol. The highest BCUT2D eigenvalue weighted by atomic mass is 19.1. The molecule has 3 rings (SSSR count). The van der Waals surface area contributed by atoms with Gasteiger partial charge in [-0.05, 0) is 86.0 Å². The second-order valence-corrected chi connectivity index (χ2v) is 9.42. The summed E-state index contributed by atoms with van der Waals surface area (Å²) in [4.78, 5) is 0. The van der Waals surface area contributed by atoms with E-state index in [9.17, 15) is 8.78 Å². The number of hydrogen-bond acceptors (Lipinski definition) is 1. The van der Waals surface area contributed by atoms with Crippen LogP contribution in [0, 0.1) is 28.5 Å². The number of nitriles is 1. The second kappa shape index (κ2) is 11.4. The van der Waals surface area contributed by atoms with E-state index in [0.717, 1.165) is 5.92 Å². The van der Waals surface area contributed by atoms with E-state index in [2.05, 4.69) is 6.08 Å². The highest BCUT2D eigenvalue weighted by molar-refractivity contribution is 5.21. The minimum Gasteiger partial charge on any atom is -0.207 e. The zero-order valence-electron chi connectivity index (χ0n) is 18.1. The molecule has 0 N–H and O–H groups in total. The molecule has 2 aliphatic carbocycles. The van der Waals surface area contributed by atoms with Gasteiger partial charge in [0.2, 0.25) is 0 Å². The van der Waals surface area contributed by atoms with E-state index < -0.39 is 5.83 Å². The first-order valence-corrected chi connectivity index (χ1v) is 11.8. The zero-order valence-corrected chi connectivity index (χ0v) is 18.1. The fourth-order valence-electron chi connectivity index (χ4n) is 5.56. The summed E-state index contributed by atoms with van der Waals surface area (Å²) in [7, 11) is 0. The Morgan fingerprint density at radius 3 is 2.40 bits per heavy atom. The van der Waals surface area contributed by atoms with Crippen LogP contribution in [0.4, 0.5) is 8.78 Å². The van der Waals surface area contributed by atoms with Crippen LogP contribution in [0.5, 0.6) is 0 Å². The molecule has 0 aromatic heterocycles. The van der Waals surface area contributed by atoms with Gasteiger partial charge in [0.25, 0.3) is 0 Å². The van der Waals surface area contributed by atoms with E-state index in [1.165, 1.54) is 95.1 Å². The Morgan fingerprint density at radius 2 is 1.73 bits per heavy atom. The molecule has 1 aromatic carbocycles. The lowest BCUT2D eigenvalue weighted by atomic mass is 9.70. The normalized spacial score (nSPS) is 24.6. The van der Waals surface area contributed by atoms with E-state index in [1.54, 1.807) is 24.3 Å². The van der Waals surface area contributed by atoms with Crippen LogP contribution in [0.15, 0.2) is 48.3 Å². The smallest absolute Gasteiger partial charge is 0.199 e. The summed E-state index contributed by atoms with van der Waals surface area (Å²) in [5.74, 6) is 0.559. The van der Waals surface area contributed by atoms with Gasteiger partial charge in [0.15, 0.2) is 5.83 Å². The Balaban J connectivity index is 1.41. The van der Waals surface area contributed by atoms with Crippen molar-refractivity contribution in [3.8, 4) is 6.07 Å². The Morgan fingerprint density at radius 1 is 1.03 bits per heavy atom. The van der Waals surface area contributed by atoms with Gasteiger partial charge in [-0.25, -0.2) is 4.39 Å². The lowest BCUT2D eigenvalue weighted by Gasteiger charge is -2.35.